The molecule has 2 N–H and O–H groups in total. The van der Waals surface area contributed by atoms with Gasteiger partial charge in [0.1, 0.15) is 0 Å². The molecule has 1 nitrogen and oxygen atoms in total. The summed E-state index contributed by atoms with van der Waals surface area (Å²) in [5.74, 6) is 0.605. The van der Waals surface area contributed by atoms with E-state index in [1.54, 1.807) is 11.3 Å². The first-order valence-electron chi connectivity index (χ1n) is 3.91. The Balaban J connectivity index is 2.23. The molecule has 1 fully saturated rings. The lowest BCUT2D eigenvalue weighted by Gasteiger charge is -1.97. The predicted octanol–water partition coefficient (Wildman–Crippen LogP) is 2.20. The third-order valence-corrected chi connectivity index (χ3v) is 3.51. The van der Waals surface area contributed by atoms with E-state index in [2.05, 4.69) is 30.7 Å². The molecule has 2 atom stereocenters. The average molecular weight is 167 g/mol. The molecule has 0 saturated heterocycles. The van der Waals surface area contributed by atoms with Gasteiger partial charge in [-0.3, -0.25) is 0 Å². The Morgan fingerprint density at radius 3 is 2.55 bits per heavy atom. The van der Waals surface area contributed by atoms with Crippen LogP contribution in [0.25, 0.3) is 0 Å². The average Bonchev–Trinajstić information content (AvgIpc) is 2.40. The van der Waals surface area contributed by atoms with E-state index in [0.29, 0.717) is 17.4 Å². The van der Waals surface area contributed by atoms with Gasteiger partial charge < -0.3 is 5.73 Å². The van der Waals surface area contributed by atoms with Crippen molar-refractivity contribution in [2.75, 3.05) is 0 Å². The maximum atomic E-state index is 5.94. The maximum Gasteiger partial charge on any atom is 0.0172 e. The SMILES string of the molecule is CC1(C)C(N)C1c1ccsc1. The summed E-state index contributed by atoms with van der Waals surface area (Å²) in [7, 11) is 0. The summed E-state index contributed by atoms with van der Waals surface area (Å²) in [6, 6.07) is 2.56. The number of nitrogens with two attached hydrogens (primary N) is 1. The first kappa shape index (κ1) is 7.32. The van der Waals surface area contributed by atoms with Crippen molar-refractivity contribution in [2.24, 2.45) is 11.1 Å². The fourth-order valence-electron chi connectivity index (χ4n) is 1.77. The Kier molecular flexibility index (Phi) is 1.38. The molecule has 60 valence electrons. The molecule has 1 aliphatic rings. The van der Waals surface area contributed by atoms with Gasteiger partial charge in [0.05, 0.1) is 0 Å². The summed E-state index contributed by atoms with van der Waals surface area (Å²) >= 11 is 1.76. The molecule has 2 rings (SSSR count). The van der Waals surface area contributed by atoms with Crippen LogP contribution >= 0.6 is 11.3 Å². The third kappa shape index (κ3) is 0.932. The highest BCUT2D eigenvalue weighted by Crippen LogP contribution is 2.57. The van der Waals surface area contributed by atoms with E-state index in [-0.39, 0.29) is 0 Å². The second-order valence-corrected chi connectivity index (χ2v) is 4.66. The van der Waals surface area contributed by atoms with Gasteiger partial charge >= 0.3 is 0 Å². The van der Waals surface area contributed by atoms with Crippen molar-refractivity contribution in [1.82, 2.24) is 0 Å². The molecule has 0 amide bonds. The largest absolute Gasteiger partial charge is 0.327 e. The monoisotopic (exact) mass is 167 g/mol. The highest BCUT2D eigenvalue weighted by atomic mass is 32.1. The molecular formula is C9H13NS. The van der Waals surface area contributed by atoms with Crippen molar-refractivity contribution in [2.45, 2.75) is 25.8 Å². The quantitative estimate of drug-likeness (QED) is 0.681. The van der Waals surface area contributed by atoms with Gasteiger partial charge in [0.15, 0.2) is 0 Å². The van der Waals surface area contributed by atoms with Gasteiger partial charge in [-0.05, 0) is 27.8 Å². The highest BCUT2D eigenvalue weighted by molar-refractivity contribution is 7.08. The van der Waals surface area contributed by atoms with Crippen molar-refractivity contribution >= 4 is 11.3 Å². The first-order valence-corrected chi connectivity index (χ1v) is 4.86. The van der Waals surface area contributed by atoms with Gasteiger partial charge in [0, 0.05) is 12.0 Å². The Hall–Kier alpha value is -0.340. The minimum absolute atomic E-state index is 0.334. The van der Waals surface area contributed by atoms with E-state index < -0.39 is 0 Å². The van der Waals surface area contributed by atoms with Crippen LogP contribution in [-0.2, 0) is 0 Å². The smallest absolute Gasteiger partial charge is 0.0172 e. The number of hydrogen-bond acceptors (Lipinski definition) is 2. The van der Waals surface area contributed by atoms with Crippen LogP contribution in [-0.4, -0.2) is 6.04 Å². The standard InChI is InChI=1S/C9H13NS/c1-9(2)7(8(9)10)6-3-4-11-5-6/h3-5,7-8H,10H2,1-2H3. The summed E-state index contributed by atoms with van der Waals surface area (Å²) in [4.78, 5) is 0. The topological polar surface area (TPSA) is 26.0 Å². The van der Waals surface area contributed by atoms with E-state index in [9.17, 15) is 0 Å². The lowest BCUT2D eigenvalue weighted by molar-refractivity contribution is 0.599. The zero-order chi connectivity index (χ0) is 8.06. The normalized spacial score (nSPS) is 33.7. The molecule has 2 unspecified atom stereocenters. The highest BCUT2D eigenvalue weighted by Gasteiger charge is 2.56. The van der Waals surface area contributed by atoms with Crippen LogP contribution in [0.3, 0.4) is 0 Å². The molecular weight excluding hydrogens is 154 g/mol. The third-order valence-electron chi connectivity index (χ3n) is 2.81. The van der Waals surface area contributed by atoms with E-state index >= 15 is 0 Å². The van der Waals surface area contributed by atoms with E-state index in [4.69, 9.17) is 5.73 Å². The molecule has 1 saturated carbocycles. The molecule has 1 aliphatic carbocycles. The van der Waals surface area contributed by atoms with Crippen LogP contribution in [0.15, 0.2) is 16.8 Å². The van der Waals surface area contributed by atoms with Gasteiger partial charge in [-0.15, -0.1) is 0 Å². The molecule has 1 heterocycles. The predicted molar refractivity (Wildman–Crippen MR) is 48.8 cm³/mol. The van der Waals surface area contributed by atoms with Gasteiger partial charge in [0.25, 0.3) is 0 Å². The molecule has 11 heavy (non-hydrogen) atoms. The van der Waals surface area contributed by atoms with Crippen LogP contribution in [0.2, 0.25) is 0 Å². The van der Waals surface area contributed by atoms with Gasteiger partial charge in [0.2, 0.25) is 0 Å². The van der Waals surface area contributed by atoms with E-state index in [0.717, 1.165) is 0 Å². The fraction of sp³-hybridized carbons (Fsp3) is 0.556. The van der Waals surface area contributed by atoms with E-state index in [1.165, 1.54) is 5.56 Å². The lowest BCUT2D eigenvalue weighted by atomic mass is 10.1. The van der Waals surface area contributed by atoms with Crippen LogP contribution in [0.4, 0.5) is 0 Å². The van der Waals surface area contributed by atoms with Crippen molar-refractivity contribution in [3.8, 4) is 0 Å². The van der Waals surface area contributed by atoms with Gasteiger partial charge in [-0.2, -0.15) is 11.3 Å². The molecule has 0 aliphatic heterocycles. The van der Waals surface area contributed by atoms with Crippen LogP contribution < -0.4 is 5.73 Å². The Morgan fingerprint density at radius 2 is 2.18 bits per heavy atom. The molecule has 0 aromatic carbocycles. The second-order valence-electron chi connectivity index (χ2n) is 3.88. The summed E-state index contributed by atoms with van der Waals surface area (Å²) in [6.07, 6.45) is 0. The zero-order valence-electron chi connectivity index (χ0n) is 6.87. The van der Waals surface area contributed by atoms with Gasteiger partial charge in [-0.25, -0.2) is 0 Å². The Labute approximate surface area is 71.2 Å². The summed E-state index contributed by atoms with van der Waals surface area (Å²) < 4.78 is 0. The van der Waals surface area contributed by atoms with Crippen molar-refractivity contribution in [3.05, 3.63) is 22.4 Å². The molecule has 0 spiro atoms. The number of rotatable bonds is 1. The molecule has 2 heteroatoms. The minimum atomic E-state index is 0.334. The number of hydrogen-bond donors (Lipinski definition) is 1. The van der Waals surface area contributed by atoms with Gasteiger partial charge in [-0.1, -0.05) is 13.8 Å². The maximum absolute atomic E-state index is 5.94. The lowest BCUT2D eigenvalue weighted by Crippen LogP contribution is -2.06. The van der Waals surface area contributed by atoms with Crippen molar-refractivity contribution in [3.63, 3.8) is 0 Å². The fourth-order valence-corrected chi connectivity index (χ4v) is 2.46. The Morgan fingerprint density at radius 1 is 1.55 bits per heavy atom. The second kappa shape index (κ2) is 2.08. The summed E-state index contributed by atoms with van der Waals surface area (Å²) in [6.45, 7) is 4.47. The van der Waals surface area contributed by atoms with Crippen LogP contribution in [0.1, 0.15) is 25.3 Å². The van der Waals surface area contributed by atoms with E-state index in [1.807, 2.05) is 0 Å². The van der Waals surface area contributed by atoms with Crippen LogP contribution in [0.5, 0.6) is 0 Å². The number of thiophene rings is 1. The van der Waals surface area contributed by atoms with Crippen LogP contribution in [0, 0.1) is 5.41 Å². The minimum Gasteiger partial charge on any atom is -0.327 e. The Bertz CT molecular complexity index is 251. The van der Waals surface area contributed by atoms with Crippen molar-refractivity contribution < 1.29 is 0 Å². The zero-order valence-corrected chi connectivity index (χ0v) is 7.69. The molecule has 1 aromatic rings. The summed E-state index contributed by atoms with van der Waals surface area (Å²) in [5, 5.41) is 4.33. The molecule has 0 radical (unpaired) electrons. The first-order chi connectivity index (χ1) is 5.14. The summed E-state index contributed by atoms with van der Waals surface area (Å²) in [5.41, 5.74) is 7.70. The van der Waals surface area contributed by atoms with Crippen molar-refractivity contribution in [1.29, 1.82) is 0 Å². The molecule has 1 aromatic heterocycles. The molecule has 0 bridgehead atoms.